The monoisotopic (exact) mass is 304 g/mol. The molecule has 3 rings (SSSR count). The summed E-state index contributed by atoms with van der Waals surface area (Å²) in [6.07, 6.45) is 1.30. The number of rotatable bonds is 2. The van der Waals surface area contributed by atoms with Crippen LogP contribution in [-0.4, -0.2) is 29.6 Å². The van der Waals surface area contributed by atoms with Crippen LogP contribution in [0.1, 0.15) is 32.1 Å². The summed E-state index contributed by atoms with van der Waals surface area (Å²) in [6, 6.07) is 2.75. The van der Waals surface area contributed by atoms with Crippen molar-refractivity contribution in [1.82, 2.24) is 9.97 Å². The Kier molecular flexibility index (Phi) is 3.78. The molecule has 1 aliphatic rings. The number of thiophene rings is 1. The van der Waals surface area contributed by atoms with Gasteiger partial charge in [-0.3, -0.25) is 0 Å². The van der Waals surface area contributed by atoms with Gasteiger partial charge < -0.3 is 10.2 Å². The van der Waals surface area contributed by atoms with Crippen LogP contribution in [0.2, 0.25) is 0 Å². The smallest absolute Gasteiger partial charge is 0.225 e. The number of hydrogen-bond donors (Lipinski definition) is 1. The topological polar surface area (TPSA) is 41.1 Å². The lowest BCUT2D eigenvalue weighted by molar-refractivity contribution is 0.296. The Labute approximate surface area is 130 Å². The Morgan fingerprint density at radius 3 is 2.76 bits per heavy atom. The zero-order chi connectivity index (χ0) is 15.1. The molecule has 114 valence electrons. The molecule has 0 bridgehead atoms. The lowest BCUT2D eigenvalue weighted by atomic mass is 9.86. The number of fused-ring (bicyclic) bond motifs is 1. The highest BCUT2D eigenvalue weighted by molar-refractivity contribution is 7.18. The fourth-order valence-corrected chi connectivity index (χ4v) is 4.23. The number of hydrogen-bond acceptors (Lipinski definition) is 5. The molecular formula is C16H24N4S. The molecule has 3 heterocycles. The van der Waals surface area contributed by atoms with Crippen LogP contribution in [0.25, 0.3) is 10.2 Å². The molecule has 2 aromatic rings. The van der Waals surface area contributed by atoms with Crippen LogP contribution in [0.3, 0.4) is 0 Å². The number of piperidine rings is 1. The number of aromatic nitrogens is 2. The molecule has 0 saturated carbocycles. The summed E-state index contributed by atoms with van der Waals surface area (Å²) in [5, 5.41) is 4.30. The second-order valence-corrected chi connectivity index (χ2v) is 7.64. The van der Waals surface area contributed by atoms with E-state index in [1.807, 2.05) is 7.05 Å². The summed E-state index contributed by atoms with van der Waals surface area (Å²) in [4.78, 5) is 14.2. The molecule has 21 heavy (non-hydrogen) atoms. The van der Waals surface area contributed by atoms with Gasteiger partial charge in [0.15, 0.2) is 0 Å². The zero-order valence-corrected chi connectivity index (χ0v) is 14.3. The Morgan fingerprint density at radius 1 is 1.29 bits per heavy atom. The lowest BCUT2D eigenvalue weighted by Crippen LogP contribution is -2.46. The summed E-state index contributed by atoms with van der Waals surface area (Å²) in [6.45, 7) is 10.2. The van der Waals surface area contributed by atoms with Gasteiger partial charge >= 0.3 is 0 Å². The maximum Gasteiger partial charge on any atom is 0.225 e. The van der Waals surface area contributed by atoms with Crippen LogP contribution < -0.4 is 10.2 Å². The van der Waals surface area contributed by atoms with E-state index in [9.17, 15) is 0 Å². The third-order valence-electron chi connectivity index (χ3n) is 4.59. The predicted octanol–water partition coefficient (Wildman–Crippen LogP) is 3.91. The summed E-state index contributed by atoms with van der Waals surface area (Å²) in [5.74, 6) is 3.22. The van der Waals surface area contributed by atoms with Crippen LogP contribution in [0.15, 0.2) is 6.07 Å². The maximum absolute atomic E-state index is 4.79. The van der Waals surface area contributed by atoms with E-state index in [0.717, 1.165) is 23.1 Å². The van der Waals surface area contributed by atoms with E-state index in [0.29, 0.717) is 17.9 Å². The zero-order valence-electron chi connectivity index (χ0n) is 13.5. The lowest BCUT2D eigenvalue weighted by Gasteiger charge is -2.42. The molecular weight excluding hydrogens is 280 g/mol. The molecule has 5 heteroatoms. The summed E-state index contributed by atoms with van der Waals surface area (Å²) in [7, 11) is 1.89. The molecule has 3 atom stereocenters. The summed E-state index contributed by atoms with van der Waals surface area (Å²) in [5.41, 5.74) is 0. The van der Waals surface area contributed by atoms with Gasteiger partial charge in [0.2, 0.25) is 5.95 Å². The fraction of sp³-hybridized carbons (Fsp3) is 0.625. The molecule has 3 unspecified atom stereocenters. The van der Waals surface area contributed by atoms with Crippen molar-refractivity contribution in [2.45, 2.75) is 40.2 Å². The van der Waals surface area contributed by atoms with Crippen LogP contribution in [0.5, 0.6) is 0 Å². The molecule has 1 saturated heterocycles. The van der Waals surface area contributed by atoms with Crippen molar-refractivity contribution < 1.29 is 0 Å². The second-order valence-electron chi connectivity index (χ2n) is 6.41. The van der Waals surface area contributed by atoms with Gasteiger partial charge in [-0.05, 0) is 38.2 Å². The van der Waals surface area contributed by atoms with Crippen LogP contribution >= 0.6 is 11.3 Å². The first kappa shape index (κ1) is 14.6. The molecule has 0 aromatic carbocycles. The Hall–Kier alpha value is -1.36. The Bertz CT molecular complexity index is 651. The molecule has 1 fully saturated rings. The first-order valence-corrected chi connectivity index (χ1v) is 8.53. The Balaban J connectivity index is 2.13. The van der Waals surface area contributed by atoms with Gasteiger partial charge in [-0.2, -0.15) is 4.98 Å². The normalized spacial score (nSPS) is 26.3. The van der Waals surface area contributed by atoms with Crippen molar-refractivity contribution in [3.05, 3.63) is 10.9 Å². The molecule has 1 N–H and O–H groups in total. The SMILES string of the molecule is CNc1nc(N2CC(C)CC(C)C2C)c2cc(C)sc2n1. The van der Waals surface area contributed by atoms with Gasteiger partial charge in [0.1, 0.15) is 10.6 Å². The minimum atomic E-state index is 0.518. The molecule has 2 aromatic heterocycles. The molecule has 0 aliphatic carbocycles. The van der Waals surface area contributed by atoms with Crippen LogP contribution in [0.4, 0.5) is 11.8 Å². The van der Waals surface area contributed by atoms with Gasteiger partial charge in [0.05, 0.1) is 5.39 Å². The highest BCUT2D eigenvalue weighted by Crippen LogP contribution is 2.37. The van der Waals surface area contributed by atoms with Gasteiger partial charge in [-0.15, -0.1) is 11.3 Å². The van der Waals surface area contributed by atoms with Crippen molar-refractivity contribution >= 4 is 33.3 Å². The molecule has 4 nitrogen and oxygen atoms in total. The number of nitrogens with one attached hydrogen (secondary N) is 1. The average Bonchev–Trinajstić information content (AvgIpc) is 2.81. The van der Waals surface area contributed by atoms with Crippen LogP contribution in [-0.2, 0) is 0 Å². The predicted molar refractivity (Wildman–Crippen MR) is 91.5 cm³/mol. The van der Waals surface area contributed by atoms with Gasteiger partial charge in [0, 0.05) is 24.5 Å². The van der Waals surface area contributed by atoms with Crippen molar-refractivity contribution in [1.29, 1.82) is 0 Å². The molecule has 0 amide bonds. The van der Waals surface area contributed by atoms with E-state index in [2.05, 4.69) is 49.0 Å². The largest absolute Gasteiger partial charge is 0.357 e. The first-order chi connectivity index (χ1) is 9.99. The minimum absolute atomic E-state index is 0.518. The highest BCUT2D eigenvalue weighted by atomic mass is 32.1. The van der Waals surface area contributed by atoms with Gasteiger partial charge in [-0.1, -0.05) is 13.8 Å². The van der Waals surface area contributed by atoms with E-state index >= 15 is 0 Å². The van der Waals surface area contributed by atoms with Gasteiger partial charge in [-0.25, -0.2) is 4.98 Å². The third kappa shape index (κ3) is 2.59. The van der Waals surface area contributed by atoms with E-state index in [4.69, 9.17) is 4.98 Å². The number of anilines is 2. The third-order valence-corrected chi connectivity index (χ3v) is 5.53. The molecule has 1 aliphatic heterocycles. The first-order valence-electron chi connectivity index (χ1n) is 7.72. The summed E-state index contributed by atoms with van der Waals surface area (Å²) >= 11 is 1.74. The number of nitrogens with zero attached hydrogens (tertiary/aromatic N) is 3. The minimum Gasteiger partial charge on any atom is -0.357 e. The van der Waals surface area contributed by atoms with Crippen molar-refractivity contribution in [3.63, 3.8) is 0 Å². The van der Waals surface area contributed by atoms with E-state index < -0.39 is 0 Å². The second kappa shape index (κ2) is 5.44. The molecule has 0 radical (unpaired) electrons. The van der Waals surface area contributed by atoms with Crippen molar-refractivity contribution in [2.75, 3.05) is 23.8 Å². The van der Waals surface area contributed by atoms with Crippen molar-refractivity contribution in [3.8, 4) is 0 Å². The highest BCUT2D eigenvalue weighted by Gasteiger charge is 2.31. The quantitative estimate of drug-likeness (QED) is 0.913. The number of aryl methyl sites for hydroxylation is 1. The van der Waals surface area contributed by atoms with Crippen molar-refractivity contribution in [2.24, 2.45) is 11.8 Å². The van der Waals surface area contributed by atoms with E-state index in [1.54, 1.807) is 11.3 Å². The maximum atomic E-state index is 4.79. The average molecular weight is 304 g/mol. The Morgan fingerprint density at radius 2 is 2.05 bits per heavy atom. The fourth-order valence-electron chi connectivity index (χ4n) is 3.35. The molecule has 0 spiro atoms. The summed E-state index contributed by atoms with van der Waals surface area (Å²) < 4.78 is 0. The van der Waals surface area contributed by atoms with E-state index in [1.165, 1.54) is 16.7 Å². The van der Waals surface area contributed by atoms with Gasteiger partial charge in [0.25, 0.3) is 0 Å². The van der Waals surface area contributed by atoms with E-state index in [-0.39, 0.29) is 0 Å². The van der Waals surface area contributed by atoms with Crippen LogP contribution in [0, 0.1) is 18.8 Å². The standard InChI is InChI=1S/C16H24N4S/c1-9-6-10(2)12(4)20(8-9)14-13-7-11(3)21-15(13)19-16(17-5)18-14/h7,9-10,12H,6,8H2,1-5H3,(H,17,18,19).